The zero-order valence-electron chi connectivity index (χ0n) is 17.5. The number of ether oxygens (including phenoxy) is 1. The molecule has 32 heavy (non-hydrogen) atoms. The van der Waals surface area contributed by atoms with Gasteiger partial charge in [0.15, 0.2) is 11.9 Å². The van der Waals surface area contributed by atoms with Crippen molar-refractivity contribution in [1.29, 1.82) is 0 Å². The molecule has 166 valence electrons. The predicted molar refractivity (Wildman–Crippen MR) is 121 cm³/mol. The Bertz CT molecular complexity index is 1050. The lowest BCUT2D eigenvalue weighted by molar-refractivity contribution is 0.0499. The Balaban J connectivity index is 1.75. The normalized spacial score (nSPS) is 11.4. The van der Waals surface area contributed by atoms with E-state index in [1.165, 1.54) is 12.3 Å². The topological polar surface area (TPSA) is 97.6 Å². The van der Waals surface area contributed by atoms with Crippen molar-refractivity contribution < 1.29 is 23.5 Å². The molecule has 1 atom stereocenters. The number of anilines is 1. The molecule has 7 nitrogen and oxygen atoms in total. The molecule has 0 bridgehead atoms. The Morgan fingerprint density at radius 1 is 1.00 bits per heavy atom. The number of unbranched alkanes of at least 4 members (excludes halogenated alkanes) is 1. The summed E-state index contributed by atoms with van der Waals surface area (Å²) >= 11 is 5.91. The number of halogens is 1. The van der Waals surface area contributed by atoms with Crippen LogP contribution < -0.4 is 10.6 Å². The third kappa shape index (κ3) is 6.21. The Morgan fingerprint density at radius 3 is 2.31 bits per heavy atom. The number of Topliss-reactive ketones (excluding diaryl/α,β-unsaturated/α-hetero) is 1. The van der Waals surface area contributed by atoms with E-state index in [-0.39, 0.29) is 11.5 Å². The number of amides is 1. The third-order valence-electron chi connectivity index (χ3n) is 4.57. The van der Waals surface area contributed by atoms with Crippen molar-refractivity contribution in [3.8, 4) is 0 Å². The van der Waals surface area contributed by atoms with Gasteiger partial charge in [-0.2, -0.15) is 0 Å². The summed E-state index contributed by atoms with van der Waals surface area (Å²) in [6.07, 6.45) is 2.02. The number of nitrogens with one attached hydrogen (secondary N) is 2. The van der Waals surface area contributed by atoms with Crippen LogP contribution in [0.2, 0.25) is 5.02 Å². The first-order chi connectivity index (χ1) is 15.5. The van der Waals surface area contributed by atoms with Crippen molar-refractivity contribution in [2.75, 3.05) is 11.9 Å². The Morgan fingerprint density at radius 2 is 1.69 bits per heavy atom. The Labute approximate surface area is 190 Å². The van der Waals surface area contributed by atoms with E-state index >= 15 is 0 Å². The minimum atomic E-state index is -1.09. The number of benzene rings is 2. The van der Waals surface area contributed by atoms with E-state index in [1.54, 1.807) is 54.6 Å². The van der Waals surface area contributed by atoms with Crippen LogP contribution in [0, 0.1) is 0 Å². The van der Waals surface area contributed by atoms with Crippen LogP contribution in [0.15, 0.2) is 71.3 Å². The van der Waals surface area contributed by atoms with Gasteiger partial charge >= 0.3 is 5.97 Å². The quantitative estimate of drug-likeness (QED) is 0.195. The fourth-order valence-electron chi connectivity index (χ4n) is 2.82. The van der Waals surface area contributed by atoms with Crippen molar-refractivity contribution >= 4 is 34.9 Å². The summed E-state index contributed by atoms with van der Waals surface area (Å²) in [7, 11) is 0. The second kappa shape index (κ2) is 11.2. The van der Waals surface area contributed by atoms with E-state index in [9.17, 15) is 14.4 Å². The van der Waals surface area contributed by atoms with Gasteiger partial charge in [-0.05, 0) is 67.1 Å². The summed E-state index contributed by atoms with van der Waals surface area (Å²) < 4.78 is 10.3. The molecule has 8 heteroatoms. The van der Waals surface area contributed by atoms with Gasteiger partial charge in [0.05, 0.1) is 18.4 Å². The van der Waals surface area contributed by atoms with Gasteiger partial charge in [-0.3, -0.25) is 9.59 Å². The highest BCUT2D eigenvalue weighted by molar-refractivity contribution is 6.30. The third-order valence-corrected chi connectivity index (χ3v) is 4.83. The lowest BCUT2D eigenvalue weighted by atomic mass is 10.1. The highest BCUT2D eigenvalue weighted by atomic mass is 35.5. The monoisotopic (exact) mass is 454 g/mol. The van der Waals surface area contributed by atoms with Crippen LogP contribution in [0.4, 0.5) is 5.69 Å². The maximum atomic E-state index is 13.1. The molecule has 1 heterocycles. The number of ketones is 1. The average molecular weight is 455 g/mol. The van der Waals surface area contributed by atoms with Gasteiger partial charge < -0.3 is 19.8 Å². The largest absolute Gasteiger partial charge is 0.462 e. The summed E-state index contributed by atoms with van der Waals surface area (Å²) in [5, 5.41) is 6.12. The summed E-state index contributed by atoms with van der Waals surface area (Å²) in [6, 6.07) is 15.9. The van der Waals surface area contributed by atoms with Gasteiger partial charge in [0.2, 0.25) is 5.78 Å². The molecular weight excluding hydrogens is 432 g/mol. The van der Waals surface area contributed by atoms with Crippen LogP contribution in [-0.2, 0) is 4.74 Å². The van der Waals surface area contributed by atoms with Crippen LogP contribution in [0.3, 0.4) is 0 Å². The first kappa shape index (κ1) is 23.1. The number of rotatable bonds is 10. The molecule has 0 aliphatic rings. The molecule has 0 fully saturated rings. The molecule has 0 aliphatic heterocycles. The van der Waals surface area contributed by atoms with Gasteiger partial charge in [0, 0.05) is 16.3 Å². The molecule has 3 rings (SSSR count). The molecule has 1 aromatic heterocycles. The van der Waals surface area contributed by atoms with Gasteiger partial charge in [0.25, 0.3) is 5.91 Å². The van der Waals surface area contributed by atoms with Gasteiger partial charge in [-0.25, -0.2) is 4.79 Å². The smallest absolute Gasteiger partial charge is 0.338 e. The molecule has 0 spiro atoms. The first-order valence-corrected chi connectivity index (χ1v) is 10.5. The maximum absolute atomic E-state index is 13.1. The van der Waals surface area contributed by atoms with E-state index in [0.717, 1.165) is 12.8 Å². The van der Waals surface area contributed by atoms with E-state index in [1.807, 2.05) is 6.92 Å². The fraction of sp³-hybridized carbons (Fsp3) is 0.208. The minimum absolute atomic E-state index is 0.0749. The van der Waals surface area contributed by atoms with Gasteiger partial charge in [0.1, 0.15) is 0 Å². The highest BCUT2D eigenvalue weighted by Gasteiger charge is 2.24. The number of carbonyl (C=O) groups excluding carboxylic acids is 3. The van der Waals surface area contributed by atoms with Crippen molar-refractivity contribution in [3.63, 3.8) is 0 Å². The SMILES string of the molecule is CCCCOC(=O)c1ccc(N[C@@H](NC(=O)c2ccco2)C(=O)c2ccc(Cl)cc2)cc1. The molecule has 0 aliphatic carbocycles. The average Bonchev–Trinajstić information content (AvgIpc) is 3.34. The second-order valence-electron chi connectivity index (χ2n) is 6.97. The summed E-state index contributed by atoms with van der Waals surface area (Å²) in [6.45, 7) is 2.38. The van der Waals surface area contributed by atoms with Crippen LogP contribution >= 0.6 is 11.6 Å². The maximum Gasteiger partial charge on any atom is 0.338 e. The molecule has 0 saturated carbocycles. The van der Waals surface area contributed by atoms with Crippen molar-refractivity contribution in [1.82, 2.24) is 5.32 Å². The van der Waals surface area contributed by atoms with Crippen molar-refractivity contribution in [2.24, 2.45) is 0 Å². The van der Waals surface area contributed by atoms with Gasteiger partial charge in [-0.1, -0.05) is 24.9 Å². The fourth-order valence-corrected chi connectivity index (χ4v) is 2.95. The van der Waals surface area contributed by atoms with Crippen molar-refractivity contribution in [2.45, 2.75) is 25.9 Å². The number of carbonyl (C=O) groups is 3. The first-order valence-electron chi connectivity index (χ1n) is 10.2. The van der Waals surface area contributed by atoms with E-state index in [2.05, 4.69) is 10.6 Å². The molecule has 0 radical (unpaired) electrons. The van der Waals surface area contributed by atoms with Gasteiger partial charge in [-0.15, -0.1) is 0 Å². The van der Waals surface area contributed by atoms with Crippen LogP contribution in [0.1, 0.15) is 51.0 Å². The highest BCUT2D eigenvalue weighted by Crippen LogP contribution is 2.16. The number of hydrogen-bond acceptors (Lipinski definition) is 6. The van der Waals surface area contributed by atoms with Crippen LogP contribution in [0.25, 0.3) is 0 Å². The summed E-state index contributed by atoms with van der Waals surface area (Å²) in [5.41, 5.74) is 1.29. The molecule has 3 aromatic rings. The van der Waals surface area contributed by atoms with E-state index < -0.39 is 18.0 Å². The molecular formula is C24H23ClN2O5. The molecule has 0 unspecified atom stereocenters. The van der Waals surface area contributed by atoms with E-state index in [4.69, 9.17) is 20.8 Å². The molecule has 2 aromatic carbocycles. The number of furan rings is 1. The minimum Gasteiger partial charge on any atom is -0.462 e. The zero-order valence-corrected chi connectivity index (χ0v) is 18.2. The molecule has 1 amide bonds. The summed E-state index contributed by atoms with van der Waals surface area (Å²) in [5.74, 6) is -1.26. The predicted octanol–water partition coefficient (Wildman–Crippen LogP) is 4.94. The van der Waals surface area contributed by atoms with E-state index in [0.29, 0.717) is 28.4 Å². The van der Waals surface area contributed by atoms with Crippen LogP contribution in [0.5, 0.6) is 0 Å². The lowest BCUT2D eigenvalue weighted by Gasteiger charge is -2.20. The second-order valence-corrected chi connectivity index (χ2v) is 7.40. The lowest BCUT2D eigenvalue weighted by Crippen LogP contribution is -2.46. The molecule has 2 N–H and O–H groups in total. The number of hydrogen-bond donors (Lipinski definition) is 2. The zero-order chi connectivity index (χ0) is 22.9. The molecule has 0 saturated heterocycles. The standard InChI is InChI=1S/C24H23ClN2O5/c1-2-3-14-32-24(30)17-8-12-19(13-9-17)26-22(27-23(29)20-5-4-15-31-20)21(28)16-6-10-18(25)11-7-16/h4-13,15,22,26H,2-3,14H2,1H3,(H,27,29)/t22-/m0/s1. The Kier molecular flexibility index (Phi) is 8.05. The Hall–Kier alpha value is -3.58. The van der Waals surface area contributed by atoms with Crippen molar-refractivity contribution in [3.05, 3.63) is 88.8 Å². The van der Waals surface area contributed by atoms with Crippen LogP contribution in [-0.4, -0.2) is 30.4 Å². The summed E-state index contributed by atoms with van der Waals surface area (Å²) in [4.78, 5) is 37.6. The number of esters is 1.